The van der Waals surface area contributed by atoms with Gasteiger partial charge in [0.05, 0.1) is 49.8 Å². The monoisotopic (exact) mass is 297 g/mol. The molecule has 3 rings (SSSR count). The van der Waals surface area contributed by atoms with Crippen molar-refractivity contribution in [2.24, 2.45) is 0 Å². The highest BCUT2D eigenvalue weighted by molar-refractivity contribution is 5.75. The van der Waals surface area contributed by atoms with E-state index in [0.29, 0.717) is 28.9 Å². The van der Waals surface area contributed by atoms with Gasteiger partial charge in [-0.1, -0.05) is 6.07 Å². The number of methoxy groups -OCH3 is 2. The molecular weight excluding hydrogens is 282 g/mol. The largest absolute Gasteiger partial charge is 0.496 e. The minimum absolute atomic E-state index is 0.125. The average molecular weight is 297 g/mol. The summed E-state index contributed by atoms with van der Waals surface area (Å²) in [7, 11) is 3.18. The minimum Gasteiger partial charge on any atom is -0.496 e. The number of benzene rings is 1. The Labute approximate surface area is 127 Å². The smallest absolute Gasteiger partial charge is 0.261 e. The second-order valence-corrected chi connectivity index (χ2v) is 4.71. The van der Waals surface area contributed by atoms with E-state index >= 15 is 0 Å². The van der Waals surface area contributed by atoms with Crippen molar-refractivity contribution in [3.05, 3.63) is 58.9 Å². The Morgan fingerprint density at radius 1 is 1.14 bits per heavy atom. The van der Waals surface area contributed by atoms with Crippen molar-refractivity contribution in [2.45, 2.75) is 6.54 Å². The Morgan fingerprint density at radius 2 is 1.86 bits per heavy atom. The van der Waals surface area contributed by atoms with Crippen LogP contribution in [0.4, 0.5) is 0 Å². The molecule has 3 aromatic rings. The van der Waals surface area contributed by atoms with Gasteiger partial charge in [0.2, 0.25) is 0 Å². The molecule has 0 fully saturated rings. The third kappa shape index (κ3) is 2.39. The first kappa shape index (κ1) is 14.1. The molecule has 0 amide bonds. The van der Waals surface area contributed by atoms with Gasteiger partial charge in [0.25, 0.3) is 5.56 Å². The topological polar surface area (TPSA) is 66.2 Å². The molecule has 0 saturated carbocycles. The number of nitrogens with zero attached hydrogens (tertiary/aromatic N) is 3. The fourth-order valence-corrected chi connectivity index (χ4v) is 2.38. The predicted molar refractivity (Wildman–Crippen MR) is 82.4 cm³/mol. The molecule has 0 aliphatic rings. The van der Waals surface area contributed by atoms with E-state index in [1.54, 1.807) is 32.7 Å². The van der Waals surface area contributed by atoms with E-state index < -0.39 is 0 Å². The van der Waals surface area contributed by atoms with Gasteiger partial charge in [-0.2, -0.15) is 0 Å². The standard InChI is InChI=1S/C16H15N3O3/c1-21-14-4-3-5-15(22-2)12(14)9-19-10-18-13-8-17-7-6-11(13)16(19)20/h3-8,10H,9H2,1-2H3. The lowest BCUT2D eigenvalue weighted by Gasteiger charge is -2.14. The number of aromatic nitrogens is 3. The Kier molecular flexibility index (Phi) is 3.74. The summed E-state index contributed by atoms with van der Waals surface area (Å²) in [6, 6.07) is 7.18. The number of hydrogen-bond acceptors (Lipinski definition) is 5. The molecule has 1 aromatic carbocycles. The van der Waals surface area contributed by atoms with E-state index in [0.717, 1.165) is 5.56 Å². The molecule has 2 aromatic heterocycles. The molecule has 0 saturated heterocycles. The van der Waals surface area contributed by atoms with E-state index in [-0.39, 0.29) is 5.56 Å². The van der Waals surface area contributed by atoms with Crippen molar-refractivity contribution in [3.63, 3.8) is 0 Å². The molecule has 0 bridgehead atoms. The Balaban J connectivity index is 2.11. The van der Waals surface area contributed by atoms with Crippen LogP contribution in [0, 0.1) is 0 Å². The number of hydrogen-bond donors (Lipinski definition) is 0. The summed E-state index contributed by atoms with van der Waals surface area (Å²) >= 11 is 0. The molecule has 0 N–H and O–H groups in total. The molecule has 0 atom stereocenters. The van der Waals surface area contributed by atoms with Gasteiger partial charge in [-0.05, 0) is 18.2 Å². The summed E-state index contributed by atoms with van der Waals surface area (Å²) in [6.07, 6.45) is 4.67. The summed E-state index contributed by atoms with van der Waals surface area (Å²) in [5.74, 6) is 1.34. The van der Waals surface area contributed by atoms with Crippen LogP contribution in [0.3, 0.4) is 0 Å². The van der Waals surface area contributed by atoms with E-state index in [9.17, 15) is 4.79 Å². The van der Waals surface area contributed by atoms with Gasteiger partial charge in [0.1, 0.15) is 11.5 Å². The first-order chi connectivity index (χ1) is 10.7. The highest BCUT2D eigenvalue weighted by atomic mass is 16.5. The molecule has 0 unspecified atom stereocenters. The maximum absolute atomic E-state index is 12.5. The molecule has 0 spiro atoms. The van der Waals surface area contributed by atoms with Crippen LogP contribution in [0.5, 0.6) is 11.5 Å². The number of rotatable bonds is 4. The number of ether oxygens (including phenoxy) is 2. The zero-order valence-electron chi connectivity index (χ0n) is 12.3. The highest BCUT2D eigenvalue weighted by Crippen LogP contribution is 2.28. The third-order valence-electron chi connectivity index (χ3n) is 3.49. The van der Waals surface area contributed by atoms with Gasteiger partial charge in [0.15, 0.2) is 0 Å². The van der Waals surface area contributed by atoms with Gasteiger partial charge in [-0.3, -0.25) is 14.3 Å². The van der Waals surface area contributed by atoms with E-state index in [4.69, 9.17) is 9.47 Å². The molecule has 6 nitrogen and oxygen atoms in total. The maximum atomic E-state index is 12.5. The lowest BCUT2D eigenvalue weighted by molar-refractivity contribution is 0.383. The molecule has 6 heteroatoms. The minimum atomic E-state index is -0.125. The Morgan fingerprint density at radius 3 is 2.55 bits per heavy atom. The molecule has 0 radical (unpaired) electrons. The van der Waals surface area contributed by atoms with Crippen molar-refractivity contribution < 1.29 is 9.47 Å². The van der Waals surface area contributed by atoms with Gasteiger partial charge >= 0.3 is 0 Å². The van der Waals surface area contributed by atoms with Gasteiger partial charge in [0, 0.05) is 6.20 Å². The normalized spacial score (nSPS) is 10.6. The second kappa shape index (κ2) is 5.85. The molecule has 0 aliphatic heterocycles. The van der Waals surface area contributed by atoms with E-state index in [2.05, 4.69) is 9.97 Å². The van der Waals surface area contributed by atoms with Gasteiger partial charge in [-0.25, -0.2) is 4.98 Å². The van der Waals surface area contributed by atoms with Gasteiger partial charge < -0.3 is 9.47 Å². The van der Waals surface area contributed by atoms with Crippen molar-refractivity contribution in [1.29, 1.82) is 0 Å². The van der Waals surface area contributed by atoms with E-state index in [1.165, 1.54) is 10.9 Å². The summed E-state index contributed by atoms with van der Waals surface area (Å²) in [5, 5.41) is 0.534. The first-order valence-electron chi connectivity index (χ1n) is 6.73. The Bertz CT molecular complexity index is 852. The lowest BCUT2D eigenvalue weighted by atomic mass is 10.1. The molecular formula is C16H15N3O3. The average Bonchev–Trinajstić information content (AvgIpc) is 2.57. The number of fused-ring (bicyclic) bond motifs is 1. The summed E-state index contributed by atoms with van der Waals surface area (Å²) in [4.78, 5) is 20.8. The molecule has 0 aliphatic carbocycles. The third-order valence-corrected chi connectivity index (χ3v) is 3.49. The lowest BCUT2D eigenvalue weighted by Crippen LogP contribution is -2.21. The quantitative estimate of drug-likeness (QED) is 0.735. The van der Waals surface area contributed by atoms with Crippen LogP contribution in [0.15, 0.2) is 47.8 Å². The zero-order chi connectivity index (χ0) is 15.5. The van der Waals surface area contributed by atoms with Crippen LogP contribution < -0.4 is 15.0 Å². The summed E-state index contributed by atoms with van der Waals surface area (Å²) in [5.41, 5.74) is 1.25. The molecule has 22 heavy (non-hydrogen) atoms. The second-order valence-electron chi connectivity index (χ2n) is 4.71. The van der Waals surface area contributed by atoms with Crippen molar-refractivity contribution >= 4 is 10.9 Å². The SMILES string of the molecule is COc1cccc(OC)c1Cn1cnc2cnccc2c1=O. The van der Waals surface area contributed by atoms with Crippen LogP contribution in [0.2, 0.25) is 0 Å². The molecule has 2 heterocycles. The fourth-order valence-electron chi connectivity index (χ4n) is 2.38. The van der Waals surface area contributed by atoms with Crippen LogP contribution in [0.25, 0.3) is 10.9 Å². The predicted octanol–water partition coefficient (Wildman–Crippen LogP) is 1.86. The Hall–Kier alpha value is -2.89. The molecule has 112 valence electrons. The maximum Gasteiger partial charge on any atom is 0.261 e. The zero-order valence-corrected chi connectivity index (χ0v) is 12.3. The van der Waals surface area contributed by atoms with Gasteiger partial charge in [-0.15, -0.1) is 0 Å². The van der Waals surface area contributed by atoms with Crippen molar-refractivity contribution in [2.75, 3.05) is 14.2 Å². The fraction of sp³-hybridized carbons (Fsp3) is 0.188. The van der Waals surface area contributed by atoms with Crippen LogP contribution in [-0.4, -0.2) is 28.8 Å². The van der Waals surface area contributed by atoms with E-state index in [1.807, 2.05) is 18.2 Å². The van der Waals surface area contributed by atoms with Crippen molar-refractivity contribution in [1.82, 2.24) is 14.5 Å². The van der Waals surface area contributed by atoms with Crippen molar-refractivity contribution in [3.8, 4) is 11.5 Å². The summed E-state index contributed by atoms with van der Waals surface area (Å²) in [6.45, 7) is 0.317. The van der Waals surface area contributed by atoms with Crippen LogP contribution >= 0.6 is 0 Å². The summed E-state index contributed by atoms with van der Waals surface area (Å²) < 4.78 is 12.3. The highest BCUT2D eigenvalue weighted by Gasteiger charge is 2.12. The first-order valence-corrected chi connectivity index (χ1v) is 6.73. The number of pyridine rings is 1. The van der Waals surface area contributed by atoms with Crippen LogP contribution in [0.1, 0.15) is 5.56 Å². The van der Waals surface area contributed by atoms with Crippen LogP contribution in [-0.2, 0) is 6.54 Å².